The van der Waals surface area contributed by atoms with E-state index in [1.54, 1.807) is 0 Å². The molecule has 3 aromatic carbocycles. The Morgan fingerprint density at radius 2 is 1.76 bits per heavy atom. The number of fused-ring (bicyclic) bond motifs is 1. The summed E-state index contributed by atoms with van der Waals surface area (Å²) < 4.78 is 13.7. The number of benzene rings is 3. The van der Waals surface area contributed by atoms with E-state index < -0.39 is 0 Å². The number of hydrogen-bond acceptors (Lipinski definition) is 2. The SMILES string of the molecule is Cc1cc(F)cc(C(NN)c2cccc3ccccc23)c1. The van der Waals surface area contributed by atoms with Gasteiger partial charge in [0.2, 0.25) is 0 Å². The predicted molar refractivity (Wildman–Crippen MR) is 84.3 cm³/mol. The molecular weight excluding hydrogens is 263 g/mol. The van der Waals surface area contributed by atoms with Crippen molar-refractivity contribution >= 4 is 10.8 Å². The van der Waals surface area contributed by atoms with E-state index in [0.717, 1.165) is 27.5 Å². The Hall–Kier alpha value is -2.23. The van der Waals surface area contributed by atoms with Crippen molar-refractivity contribution in [2.75, 3.05) is 0 Å². The Morgan fingerprint density at radius 1 is 1.00 bits per heavy atom. The van der Waals surface area contributed by atoms with Crippen LogP contribution in [-0.4, -0.2) is 0 Å². The number of aryl methyl sites for hydroxylation is 1. The van der Waals surface area contributed by atoms with Gasteiger partial charge in [0, 0.05) is 0 Å². The monoisotopic (exact) mass is 280 g/mol. The molecule has 0 amide bonds. The molecule has 21 heavy (non-hydrogen) atoms. The first-order chi connectivity index (χ1) is 10.2. The fraction of sp³-hybridized carbons (Fsp3) is 0.111. The summed E-state index contributed by atoms with van der Waals surface area (Å²) in [5, 5.41) is 2.26. The highest BCUT2D eigenvalue weighted by Gasteiger charge is 2.16. The van der Waals surface area contributed by atoms with Gasteiger partial charge in [-0.2, -0.15) is 0 Å². The molecule has 3 N–H and O–H groups in total. The summed E-state index contributed by atoms with van der Waals surface area (Å²) in [6.45, 7) is 1.88. The van der Waals surface area contributed by atoms with Gasteiger partial charge < -0.3 is 0 Å². The fourth-order valence-electron chi connectivity index (χ4n) is 2.80. The van der Waals surface area contributed by atoms with Gasteiger partial charge in [-0.15, -0.1) is 0 Å². The zero-order chi connectivity index (χ0) is 14.8. The van der Waals surface area contributed by atoms with E-state index in [4.69, 9.17) is 5.84 Å². The van der Waals surface area contributed by atoms with Crippen LogP contribution in [0.15, 0.2) is 60.7 Å². The number of halogens is 1. The van der Waals surface area contributed by atoms with Crippen molar-refractivity contribution in [2.24, 2.45) is 5.84 Å². The van der Waals surface area contributed by atoms with Crippen LogP contribution in [0.4, 0.5) is 4.39 Å². The van der Waals surface area contributed by atoms with Gasteiger partial charge in [0.25, 0.3) is 0 Å². The molecule has 0 aliphatic rings. The third kappa shape index (κ3) is 2.66. The summed E-state index contributed by atoms with van der Waals surface area (Å²) in [5.41, 5.74) is 5.56. The van der Waals surface area contributed by atoms with Gasteiger partial charge in [-0.25, -0.2) is 9.82 Å². The third-order valence-electron chi connectivity index (χ3n) is 3.70. The fourth-order valence-corrected chi connectivity index (χ4v) is 2.80. The minimum absolute atomic E-state index is 0.245. The molecule has 0 saturated heterocycles. The summed E-state index contributed by atoms with van der Waals surface area (Å²) in [6.07, 6.45) is 0. The van der Waals surface area contributed by atoms with Crippen LogP contribution in [0.5, 0.6) is 0 Å². The van der Waals surface area contributed by atoms with Gasteiger partial charge in [-0.3, -0.25) is 5.84 Å². The van der Waals surface area contributed by atoms with Gasteiger partial charge in [-0.05, 0) is 46.5 Å². The number of hydrogen-bond donors (Lipinski definition) is 2. The van der Waals surface area contributed by atoms with Crippen LogP contribution in [0.25, 0.3) is 10.8 Å². The Labute approximate surface area is 123 Å². The van der Waals surface area contributed by atoms with Crippen molar-refractivity contribution in [3.8, 4) is 0 Å². The smallest absolute Gasteiger partial charge is 0.123 e. The molecule has 3 aromatic rings. The highest BCUT2D eigenvalue weighted by Crippen LogP contribution is 2.29. The Bertz CT molecular complexity index is 758. The first-order valence-corrected chi connectivity index (χ1v) is 6.90. The molecule has 0 aliphatic carbocycles. The zero-order valence-electron chi connectivity index (χ0n) is 11.8. The normalized spacial score (nSPS) is 12.5. The molecule has 3 heteroatoms. The van der Waals surface area contributed by atoms with Crippen LogP contribution in [0.3, 0.4) is 0 Å². The van der Waals surface area contributed by atoms with E-state index in [0.29, 0.717) is 0 Å². The maximum Gasteiger partial charge on any atom is 0.123 e. The standard InChI is InChI=1S/C18H17FN2/c1-12-9-14(11-15(19)10-12)18(21-20)17-8-4-6-13-5-2-3-7-16(13)17/h2-11,18,21H,20H2,1H3. The van der Waals surface area contributed by atoms with Crippen LogP contribution >= 0.6 is 0 Å². The molecule has 0 radical (unpaired) electrons. The molecule has 0 saturated carbocycles. The van der Waals surface area contributed by atoms with Crippen LogP contribution in [0.1, 0.15) is 22.7 Å². The lowest BCUT2D eigenvalue weighted by Gasteiger charge is -2.19. The molecule has 0 aromatic heterocycles. The Morgan fingerprint density at radius 3 is 2.52 bits per heavy atom. The molecule has 106 valence electrons. The average Bonchev–Trinajstić information content (AvgIpc) is 2.47. The van der Waals surface area contributed by atoms with E-state index >= 15 is 0 Å². The van der Waals surface area contributed by atoms with Crippen LogP contribution in [-0.2, 0) is 0 Å². The summed E-state index contributed by atoms with van der Waals surface area (Å²) in [5.74, 6) is 5.51. The molecular formula is C18H17FN2. The molecule has 1 unspecified atom stereocenters. The second-order valence-corrected chi connectivity index (χ2v) is 5.23. The van der Waals surface area contributed by atoms with Gasteiger partial charge >= 0.3 is 0 Å². The predicted octanol–water partition coefficient (Wildman–Crippen LogP) is 3.84. The van der Waals surface area contributed by atoms with Gasteiger partial charge in [0.15, 0.2) is 0 Å². The van der Waals surface area contributed by atoms with Crippen molar-refractivity contribution in [1.82, 2.24) is 5.43 Å². The maximum absolute atomic E-state index is 13.7. The zero-order valence-corrected chi connectivity index (χ0v) is 11.8. The summed E-state index contributed by atoms with van der Waals surface area (Å²) in [6, 6.07) is 18.9. The number of nitrogens with one attached hydrogen (secondary N) is 1. The van der Waals surface area contributed by atoms with E-state index in [1.807, 2.05) is 37.3 Å². The average molecular weight is 280 g/mol. The van der Waals surface area contributed by atoms with Crippen LogP contribution in [0.2, 0.25) is 0 Å². The molecule has 0 heterocycles. The number of hydrazine groups is 1. The molecule has 3 rings (SSSR count). The Kier molecular flexibility index (Phi) is 3.69. The highest BCUT2D eigenvalue weighted by molar-refractivity contribution is 5.86. The first kappa shape index (κ1) is 13.7. The van der Waals surface area contributed by atoms with E-state index in [9.17, 15) is 4.39 Å². The highest BCUT2D eigenvalue weighted by atomic mass is 19.1. The van der Waals surface area contributed by atoms with Crippen LogP contribution in [0, 0.1) is 12.7 Å². The summed E-state index contributed by atoms with van der Waals surface area (Å²) in [4.78, 5) is 0. The largest absolute Gasteiger partial charge is 0.271 e. The number of rotatable bonds is 3. The minimum atomic E-state index is -0.245. The number of nitrogens with two attached hydrogens (primary N) is 1. The van der Waals surface area contributed by atoms with E-state index in [2.05, 4.69) is 23.6 Å². The molecule has 0 spiro atoms. The third-order valence-corrected chi connectivity index (χ3v) is 3.70. The maximum atomic E-state index is 13.7. The first-order valence-electron chi connectivity index (χ1n) is 6.90. The summed E-state index contributed by atoms with van der Waals surface area (Å²) >= 11 is 0. The molecule has 0 fully saturated rings. The van der Waals surface area contributed by atoms with Crippen molar-refractivity contribution in [1.29, 1.82) is 0 Å². The lowest BCUT2D eigenvalue weighted by atomic mass is 9.93. The van der Waals surface area contributed by atoms with Gasteiger partial charge in [-0.1, -0.05) is 48.5 Å². The van der Waals surface area contributed by atoms with Gasteiger partial charge in [0.05, 0.1) is 6.04 Å². The lowest BCUT2D eigenvalue weighted by molar-refractivity contribution is 0.605. The van der Waals surface area contributed by atoms with Gasteiger partial charge in [0.1, 0.15) is 5.82 Å². The second-order valence-electron chi connectivity index (χ2n) is 5.23. The topological polar surface area (TPSA) is 38.0 Å². The van der Waals surface area contributed by atoms with Crippen molar-refractivity contribution in [3.63, 3.8) is 0 Å². The molecule has 0 bridgehead atoms. The molecule has 1 atom stereocenters. The van der Waals surface area contributed by atoms with Crippen molar-refractivity contribution < 1.29 is 4.39 Å². The quantitative estimate of drug-likeness (QED) is 0.565. The summed E-state index contributed by atoms with van der Waals surface area (Å²) in [7, 11) is 0. The minimum Gasteiger partial charge on any atom is -0.271 e. The van der Waals surface area contributed by atoms with E-state index in [1.165, 1.54) is 12.1 Å². The second kappa shape index (κ2) is 5.64. The van der Waals surface area contributed by atoms with Crippen LogP contribution < -0.4 is 11.3 Å². The van der Waals surface area contributed by atoms with E-state index in [-0.39, 0.29) is 11.9 Å². The van der Waals surface area contributed by atoms with Crippen molar-refractivity contribution in [3.05, 3.63) is 83.2 Å². The lowest BCUT2D eigenvalue weighted by Crippen LogP contribution is -2.29. The Balaban J connectivity index is 2.18. The molecule has 0 aliphatic heterocycles. The molecule has 2 nitrogen and oxygen atoms in total. The van der Waals surface area contributed by atoms with Crippen molar-refractivity contribution in [2.45, 2.75) is 13.0 Å².